The molecule has 0 saturated carbocycles. The number of thioether (sulfide) groups is 1. The summed E-state index contributed by atoms with van der Waals surface area (Å²) in [6, 6.07) is 21.3. The van der Waals surface area contributed by atoms with Gasteiger partial charge in [-0.2, -0.15) is 0 Å². The van der Waals surface area contributed by atoms with Crippen LogP contribution in [0.4, 0.5) is 8.78 Å². The van der Waals surface area contributed by atoms with Gasteiger partial charge in [-0.1, -0.05) is 66.7 Å². The first-order chi connectivity index (χ1) is 16.5. The molecule has 0 aromatic heterocycles. The van der Waals surface area contributed by atoms with Gasteiger partial charge in [0.2, 0.25) is 11.8 Å². The first-order valence-corrected chi connectivity index (χ1v) is 12.3. The van der Waals surface area contributed by atoms with E-state index in [1.165, 1.54) is 28.8 Å². The van der Waals surface area contributed by atoms with E-state index in [2.05, 4.69) is 5.32 Å². The molecule has 3 rings (SSSR count). The van der Waals surface area contributed by atoms with Crippen molar-refractivity contribution in [3.8, 4) is 0 Å². The number of hydrogen-bond acceptors (Lipinski definition) is 3. The third kappa shape index (κ3) is 7.15. The third-order valence-electron chi connectivity index (χ3n) is 5.36. The maximum Gasteiger partial charge on any atom is 0.243 e. The molecule has 3 aromatic carbocycles. The Morgan fingerprint density at radius 3 is 2.09 bits per heavy atom. The smallest absolute Gasteiger partial charge is 0.243 e. The van der Waals surface area contributed by atoms with Gasteiger partial charge < -0.3 is 10.2 Å². The predicted octanol–water partition coefficient (Wildman–Crippen LogP) is 4.97. The topological polar surface area (TPSA) is 49.4 Å². The monoisotopic (exact) mass is 482 g/mol. The van der Waals surface area contributed by atoms with Crippen molar-refractivity contribution in [2.24, 2.45) is 0 Å². The van der Waals surface area contributed by atoms with E-state index in [1.54, 1.807) is 36.4 Å². The summed E-state index contributed by atoms with van der Waals surface area (Å²) in [6.45, 7) is 2.18. The molecule has 0 aliphatic rings. The minimum atomic E-state index is -0.816. The highest BCUT2D eigenvalue weighted by Gasteiger charge is 2.30. The number of nitrogens with zero attached hydrogens (tertiary/aromatic N) is 1. The highest BCUT2D eigenvalue weighted by atomic mass is 32.2. The number of likely N-dealkylation sites (N-methyl/N-ethyl adjacent to an activating group) is 1. The van der Waals surface area contributed by atoms with Crippen molar-refractivity contribution in [1.29, 1.82) is 0 Å². The van der Waals surface area contributed by atoms with Crippen LogP contribution < -0.4 is 5.32 Å². The highest BCUT2D eigenvalue weighted by molar-refractivity contribution is 7.99. The van der Waals surface area contributed by atoms with Gasteiger partial charge in [-0.05, 0) is 30.2 Å². The number of halogens is 2. The molecule has 0 aliphatic carbocycles. The van der Waals surface area contributed by atoms with Crippen LogP contribution >= 0.6 is 11.8 Å². The first-order valence-electron chi connectivity index (χ1n) is 11.1. The number of hydrogen-bond donors (Lipinski definition) is 1. The fourth-order valence-corrected chi connectivity index (χ4v) is 4.50. The van der Waals surface area contributed by atoms with Crippen molar-refractivity contribution in [3.05, 3.63) is 107 Å². The van der Waals surface area contributed by atoms with E-state index >= 15 is 0 Å². The third-order valence-corrected chi connectivity index (χ3v) is 6.33. The van der Waals surface area contributed by atoms with E-state index in [1.807, 2.05) is 37.3 Å². The molecule has 0 saturated heterocycles. The molecule has 1 atom stereocenters. The molecule has 4 nitrogen and oxygen atoms in total. The average Bonchev–Trinajstić information content (AvgIpc) is 2.84. The second kappa shape index (κ2) is 12.9. The van der Waals surface area contributed by atoms with E-state index in [0.29, 0.717) is 29.8 Å². The lowest BCUT2D eigenvalue weighted by Crippen LogP contribution is -2.51. The zero-order valence-electron chi connectivity index (χ0n) is 19.0. The fourth-order valence-electron chi connectivity index (χ4n) is 3.60. The number of amides is 2. The molecule has 7 heteroatoms. The second-order valence-corrected chi connectivity index (χ2v) is 8.78. The number of benzene rings is 3. The Labute approximate surface area is 203 Å². The molecule has 0 spiro atoms. The van der Waals surface area contributed by atoms with Gasteiger partial charge in [0.15, 0.2) is 0 Å². The van der Waals surface area contributed by atoms with Gasteiger partial charge in [-0.15, -0.1) is 11.8 Å². The largest absolute Gasteiger partial charge is 0.355 e. The molecular weight excluding hydrogens is 454 g/mol. The van der Waals surface area contributed by atoms with E-state index in [0.717, 1.165) is 5.56 Å². The van der Waals surface area contributed by atoms with Gasteiger partial charge in [0.05, 0.1) is 5.75 Å². The summed E-state index contributed by atoms with van der Waals surface area (Å²) in [5.41, 5.74) is 1.73. The number of carbonyl (C=O) groups excluding carboxylic acids is 2. The predicted molar refractivity (Wildman–Crippen MR) is 132 cm³/mol. The Balaban J connectivity index is 1.84. The highest BCUT2D eigenvalue weighted by Crippen LogP contribution is 2.20. The quantitative estimate of drug-likeness (QED) is 0.420. The van der Waals surface area contributed by atoms with Crippen LogP contribution in [0.1, 0.15) is 23.6 Å². The van der Waals surface area contributed by atoms with Gasteiger partial charge in [0.1, 0.15) is 17.7 Å². The van der Waals surface area contributed by atoms with Crippen LogP contribution in [0.5, 0.6) is 0 Å². The van der Waals surface area contributed by atoms with E-state index in [4.69, 9.17) is 0 Å². The van der Waals surface area contributed by atoms with E-state index < -0.39 is 11.9 Å². The summed E-state index contributed by atoms with van der Waals surface area (Å²) < 4.78 is 28.4. The molecule has 0 radical (unpaired) electrons. The van der Waals surface area contributed by atoms with Crippen LogP contribution in [0.2, 0.25) is 0 Å². The van der Waals surface area contributed by atoms with Gasteiger partial charge in [-0.3, -0.25) is 9.59 Å². The molecule has 0 fully saturated rings. The van der Waals surface area contributed by atoms with Crippen LogP contribution in [-0.4, -0.2) is 35.1 Å². The minimum Gasteiger partial charge on any atom is -0.355 e. The van der Waals surface area contributed by atoms with Crippen LogP contribution in [0.3, 0.4) is 0 Å². The number of rotatable bonds is 11. The molecule has 0 bridgehead atoms. The van der Waals surface area contributed by atoms with Crippen molar-refractivity contribution >= 4 is 23.6 Å². The van der Waals surface area contributed by atoms with E-state index in [9.17, 15) is 18.4 Å². The van der Waals surface area contributed by atoms with Crippen molar-refractivity contribution < 1.29 is 18.4 Å². The fraction of sp³-hybridized carbons (Fsp3) is 0.259. The minimum absolute atomic E-state index is 0.0352. The molecule has 0 aliphatic heterocycles. The van der Waals surface area contributed by atoms with Gasteiger partial charge in [0, 0.05) is 30.8 Å². The summed E-state index contributed by atoms with van der Waals surface area (Å²) in [5, 5.41) is 2.81. The number of carbonyl (C=O) groups is 2. The molecule has 1 N–H and O–H groups in total. The summed E-state index contributed by atoms with van der Waals surface area (Å²) in [7, 11) is 0. The zero-order chi connectivity index (χ0) is 24.3. The Kier molecular flexibility index (Phi) is 9.64. The summed E-state index contributed by atoms with van der Waals surface area (Å²) in [4.78, 5) is 27.9. The lowest BCUT2D eigenvalue weighted by molar-refractivity contribution is -0.139. The first kappa shape index (κ1) is 25.4. The van der Waals surface area contributed by atoms with Gasteiger partial charge >= 0.3 is 0 Å². The van der Waals surface area contributed by atoms with Crippen molar-refractivity contribution in [1.82, 2.24) is 10.2 Å². The van der Waals surface area contributed by atoms with Crippen LogP contribution in [0.15, 0.2) is 78.9 Å². The summed E-state index contributed by atoms with van der Waals surface area (Å²) in [5.74, 6) is -1.01. The van der Waals surface area contributed by atoms with E-state index in [-0.39, 0.29) is 29.9 Å². The lowest BCUT2D eigenvalue weighted by atomic mass is 10.0. The molecule has 1 unspecified atom stereocenters. The Morgan fingerprint density at radius 2 is 1.47 bits per heavy atom. The molecule has 3 aromatic rings. The zero-order valence-corrected chi connectivity index (χ0v) is 19.9. The standard InChI is InChI=1S/C27H28F2N2O2S/c1-2-30-27(33)25(16-20-10-4-3-5-11-20)31(17-21-12-6-8-14-23(21)28)26(32)19-34-18-22-13-7-9-15-24(22)29/h3-15,25H,2,16-19H2,1H3,(H,30,33). The molecule has 178 valence electrons. The van der Waals surface area contributed by atoms with Crippen molar-refractivity contribution in [3.63, 3.8) is 0 Å². The maximum absolute atomic E-state index is 14.5. The number of nitrogens with one attached hydrogen (secondary N) is 1. The van der Waals surface area contributed by atoms with Crippen LogP contribution in [0, 0.1) is 11.6 Å². The Morgan fingerprint density at radius 1 is 0.882 bits per heavy atom. The second-order valence-electron chi connectivity index (χ2n) is 7.80. The summed E-state index contributed by atoms with van der Waals surface area (Å²) in [6.07, 6.45) is 0.296. The lowest BCUT2D eigenvalue weighted by Gasteiger charge is -2.31. The van der Waals surface area contributed by atoms with Crippen molar-refractivity contribution in [2.45, 2.75) is 31.7 Å². The Hall–Kier alpha value is -3.19. The summed E-state index contributed by atoms with van der Waals surface area (Å²) >= 11 is 1.26. The van der Waals surface area contributed by atoms with Crippen molar-refractivity contribution in [2.75, 3.05) is 12.3 Å². The molecular formula is C27H28F2N2O2S. The normalized spacial score (nSPS) is 11.6. The van der Waals surface area contributed by atoms with Gasteiger partial charge in [0.25, 0.3) is 0 Å². The molecule has 0 heterocycles. The molecule has 34 heavy (non-hydrogen) atoms. The van der Waals surface area contributed by atoms with Crippen LogP contribution in [0.25, 0.3) is 0 Å². The molecule has 2 amide bonds. The van der Waals surface area contributed by atoms with Crippen LogP contribution in [-0.2, 0) is 28.3 Å². The Bertz CT molecular complexity index is 1090. The average molecular weight is 483 g/mol. The SMILES string of the molecule is CCNC(=O)C(Cc1ccccc1)N(Cc1ccccc1F)C(=O)CSCc1ccccc1F. The van der Waals surface area contributed by atoms with Gasteiger partial charge in [-0.25, -0.2) is 8.78 Å². The maximum atomic E-state index is 14.5.